The van der Waals surface area contributed by atoms with E-state index in [-0.39, 0.29) is 16.2 Å². The number of rotatable bonds is 1. The molecule has 3 nitrogen and oxygen atoms in total. The molecule has 0 radical (unpaired) electrons. The van der Waals surface area contributed by atoms with E-state index in [0.717, 1.165) is 11.8 Å². The highest BCUT2D eigenvalue weighted by atomic mass is 32.2. The van der Waals surface area contributed by atoms with Gasteiger partial charge in [-0.3, -0.25) is 0 Å². The van der Waals surface area contributed by atoms with Gasteiger partial charge in [-0.25, -0.2) is 9.97 Å². The molecule has 0 unspecified atom stereocenters. The molecule has 0 saturated heterocycles. The van der Waals surface area contributed by atoms with E-state index < -0.39 is 11.9 Å². The third kappa shape index (κ3) is 1.79. The van der Waals surface area contributed by atoms with Gasteiger partial charge in [-0.05, 0) is 12.3 Å². The molecule has 15 heavy (non-hydrogen) atoms. The summed E-state index contributed by atoms with van der Waals surface area (Å²) in [5, 5.41) is 0.109. The molecule has 2 rings (SSSR count). The lowest BCUT2D eigenvalue weighted by Crippen LogP contribution is -2.10. The van der Waals surface area contributed by atoms with Gasteiger partial charge in [0, 0.05) is 11.6 Å². The molecule has 0 aliphatic rings. The third-order valence-corrected chi connectivity index (χ3v) is 2.39. The molecule has 0 amide bonds. The quantitative estimate of drug-likeness (QED) is 0.608. The Labute approximate surface area is 87.1 Å². The Morgan fingerprint density at radius 3 is 2.67 bits per heavy atom. The molecule has 0 fully saturated rings. The lowest BCUT2D eigenvalue weighted by molar-refractivity contribution is -0.140. The lowest BCUT2D eigenvalue weighted by Gasteiger charge is -2.07. The Balaban J connectivity index is 2.74. The number of nitrogens with zero attached hydrogens (tertiary/aromatic N) is 2. The van der Waals surface area contributed by atoms with Gasteiger partial charge in [0.05, 0.1) is 0 Å². The zero-order valence-corrected chi connectivity index (χ0v) is 8.41. The van der Waals surface area contributed by atoms with Crippen molar-refractivity contribution in [3.8, 4) is 0 Å². The molecule has 0 atom stereocenters. The molecule has 0 spiro atoms. The minimum absolute atomic E-state index is 0.000278. The molecule has 0 aromatic carbocycles. The second-order valence-electron chi connectivity index (χ2n) is 2.80. The van der Waals surface area contributed by atoms with Crippen molar-refractivity contribution < 1.29 is 13.2 Å². The molecule has 80 valence electrons. The first-order valence-electron chi connectivity index (χ1n) is 3.98. The van der Waals surface area contributed by atoms with Crippen molar-refractivity contribution in [3.05, 3.63) is 18.0 Å². The maximum atomic E-state index is 12.6. The summed E-state index contributed by atoms with van der Waals surface area (Å²) in [6.45, 7) is 0. The number of hydrogen-bond acceptors (Lipinski definition) is 3. The van der Waals surface area contributed by atoms with Crippen molar-refractivity contribution in [3.63, 3.8) is 0 Å². The molecular weight excluding hydrogens is 227 g/mol. The largest absolute Gasteiger partial charge is 0.434 e. The average molecular weight is 233 g/mol. The summed E-state index contributed by atoms with van der Waals surface area (Å²) in [5.41, 5.74) is -0.681. The molecule has 0 aliphatic carbocycles. The molecule has 0 saturated carbocycles. The standard InChI is InChI=1S/C8H6F3N3S/c1-15-7-13-5(8(9,10)11)4-2-3-12-6(4)14-7/h2-3H,1H3,(H,12,13,14). The minimum Gasteiger partial charge on any atom is -0.346 e. The maximum absolute atomic E-state index is 12.6. The number of halogens is 3. The Morgan fingerprint density at radius 2 is 2.07 bits per heavy atom. The first-order chi connectivity index (χ1) is 7.02. The monoisotopic (exact) mass is 233 g/mol. The van der Waals surface area contributed by atoms with Gasteiger partial charge in [0.25, 0.3) is 0 Å². The maximum Gasteiger partial charge on any atom is 0.434 e. The summed E-state index contributed by atoms with van der Waals surface area (Å²) in [6, 6.07) is 1.32. The van der Waals surface area contributed by atoms with E-state index in [1.54, 1.807) is 6.26 Å². The normalized spacial score (nSPS) is 12.3. The van der Waals surface area contributed by atoms with E-state index in [2.05, 4.69) is 15.0 Å². The fourth-order valence-electron chi connectivity index (χ4n) is 1.23. The van der Waals surface area contributed by atoms with Gasteiger partial charge < -0.3 is 4.98 Å². The average Bonchev–Trinajstić information content (AvgIpc) is 2.61. The number of thioether (sulfide) groups is 1. The van der Waals surface area contributed by atoms with Crippen LogP contribution in [0.1, 0.15) is 5.69 Å². The number of nitrogens with one attached hydrogen (secondary N) is 1. The zero-order valence-electron chi connectivity index (χ0n) is 7.59. The highest BCUT2D eigenvalue weighted by molar-refractivity contribution is 7.98. The first kappa shape index (κ1) is 10.3. The van der Waals surface area contributed by atoms with Crippen LogP contribution in [-0.2, 0) is 6.18 Å². The predicted molar refractivity (Wildman–Crippen MR) is 50.7 cm³/mol. The summed E-state index contributed by atoms with van der Waals surface area (Å²) >= 11 is 1.08. The molecule has 1 N–H and O–H groups in total. The highest BCUT2D eigenvalue weighted by Gasteiger charge is 2.35. The van der Waals surface area contributed by atoms with Gasteiger partial charge in [0.1, 0.15) is 5.65 Å². The topological polar surface area (TPSA) is 41.6 Å². The van der Waals surface area contributed by atoms with Crippen LogP contribution in [0.15, 0.2) is 17.4 Å². The van der Waals surface area contributed by atoms with Crippen LogP contribution in [0.3, 0.4) is 0 Å². The molecule has 2 aromatic heterocycles. The fraction of sp³-hybridized carbons (Fsp3) is 0.250. The summed E-state index contributed by atoms with van der Waals surface area (Å²) < 4.78 is 37.8. The summed E-state index contributed by atoms with van der Waals surface area (Å²) in [4.78, 5) is 10.0. The molecule has 2 heterocycles. The number of aromatic nitrogens is 3. The molecule has 0 bridgehead atoms. The van der Waals surface area contributed by atoms with Crippen LogP contribution in [-0.4, -0.2) is 21.2 Å². The fourth-order valence-corrected chi connectivity index (χ4v) is 1.59. The first-order valence-corrected chi connectivity index (χ1v) is 5.21. The molecule has 0 aliphatic heterocycles. The van der Waals surface area contributed by atoms with Gasteiger partial charge in [-0.2, -0.15) is 13.2 Å². The Hall–Kier alpha value is -1.24. The number of fused-ring (bicyclic) bond motifs is 1. The summed E-state index contributed by atoms with van der Waals surface area (Å²) in [5.74, 6) is 0. The number of hydrogen-bond donors (Lipinski definition) is 1. The van der Waals surface area contributed by atoms with Crippen LogP contribution < -0.4 is 0 Å². The second-order valence-corrected chi connectivity index (χ2v) is 3.57. The van der Waals surface area contributed by atoms with Gasteiger partial charge in [-0.15, -0.1) is 0 Å². The van der Waals surface area contributed by atoms with Crippen LogP contribution in [0.4, 0.5) is 13.2 Å². The van der Waals surface area contributed by atoms with E-state index in [1.165, 1.54) is 12.3 Å². The Morgan fingerprint density at radius 1 is 1.33 bits per heavy atom. The van der Waals surface area contributed by atoms with Crippen LogP contribution in [0.2, 0.25) is 0 Å². The van der Waals surface area contributed by atoms with Crippen molar-refractivity contribution in [1.82, 2.24) is 15.0 Å². The molecular formula is C8H6F3N3S. The van der Waals surface area contributed by atoms with Crippen molar-refractivity contribution in [2.45, 2.75) is 11.3 Å². The second kappa shape index (κ2) is 3.41. The van der Waals surface area contributed by atoms with Gasteiger partial charge in [0.15, 0.2) is 10.9 Å². The molecule has 2 aromatic rings. The van der Waals surface area contributed by atoms with Crippen LogP contribution >= 0.6 is 11.8 Å². The van der Waals surface area contributed by atoms with Crippen molar-refractivity contribution in [2.75, 3.05) is 6.26 Å². The van der Waals surface area contributed by atoms with Crippen molar-refractivity contribution in [2.24, 2.45) is 0 Å². The van der Waals surface area contributed by atoms with E-state index in [1.807, 2.05) is 0 Å². The summed E-state index contributed by atoms with van der Waals surface area (Å²) in [7, 11) is 0. The Bertz CT molecular complexity index is 491. The zero-order chi connectivity index (χ0) is 11.1. The highest BCUT2D eigenvalue weighted by Crippen LogP contribution is 2.33. The van der Waals surface area contributed by atoms with Gasteiger partial charge in [-0.1, -0.05) is 11.8 Å². The van der Waals surface area contributed by atoms with Crippen molar-refractivity contribution in [1.29, 1.82) is 0 Å². The van der Waals surface area contributed by atoms with Crippen LogP contribution in [0.5, 0.6) is 0 Å². The minimum atomic E-state index is -4.45. The van der Waals surface area contributed by atoms with E-state index >= 15 is 0 Å². The number of aromatic amines is 1. The summed E-state index contributed by atoms with van der Waals surface area (Å²) in [6.07, 6.45) is -1.41. The Kier molecular flexibility index (Phi) is 2.34. The predicted octanol–water partition coefficient (Wildman–Crippen LogP) is 2.70. The number of H-pyrrole nitrogens is 1. The smallest absolute Gasteiger partial charge is 0.346 e. The van der Waals surface area contributed by atoms with Gasteiger partial charge >= 0.3 is 6.18 Å². The van der Waals surface area contributed by atoms with Crippen LogP contribution in [0, 0.1) is 0 Å². The lowest BCUT2D eigenvalue weighted by atomic mass is 10.3. The van der Waals surface area contributed by atoms with E-state index in [4.69, 9.17) is 0 Å². The van der Waals surface area contributed by atoms with E-state index in [9.17, 15) is 13.2 Å². The van der Waals surface area contributed by atoms with Crippen LogP contribution in [0.25, 0.3) is 11.0 Å². The molecule has 7 heteroatoms. The van der Waals surface area contributed by atoms with E-state index in [0.29, 0.717) is 0 Å². The van der Waals surface area contributed by atoms with Crippen molar-refractivity contribution >= 4 is 22.8 Å². The van der Waals surface area contributed by atoms with Gasteiger partial charge in [0.2, 0.25) is 0 Å². The third-order valence-electron chi connectivity index (χ3n) is 1.85. The SMILES string of the molecule is CSc1nc(C(F)(F)F)c2cc[nH]c2n1. The number of alkyl halides is 3.